The number of hydrogen-bond acceptors (Lipinski definition) is 6. The number of methoxy groups -OCH3 is 2. The normalized spacial score (nSPS) is 20.5. The van der Waals surface area contributed by atoms with Crippen LogP contribution in [0.1, 0.15) is 41.4 Å². The van der Waals surface area contributed by atoms with Gasteiger partial charge in [-0.15, -0.1) is 0 Å². The summed E-state index contributed by atoms with van der Waals surface area (Å²) in [6.45, 7) is 3.49. The van der Waals surface area contributed by atoms with E-state index < -0.39 is 17.8 Å². The number of hydrogen-bond donors (Lipinski definition) is 2. The highest BCUT2D eigenvalue weighted by atomic mass is 16.5. The Morgan fingerprint density at radius 1 is 1.14 bits per heavy atom. The van der Waals surface area contributed by atoms with Crippen LogP contribution in [0.4, 0.5) is 0 Å². The first kappa shape index (κ1) is 19.9. The van der Waals surface area contributed by atoms with Crippen molar-refractivity contribution in [3.63, 3.8) is 0 Å². The van der Waals surface area contributed by atoms with Gasteiger partial charge in [-0.2, -0.15) is 0 Å². The molecule has 2 N–H and O–H groups in total. The Labute approximate surface area is 164 Å². The van der Waals surface area contributed by atoms with Gasteiger partial charge in [0.05, 0.1) is 18.2 Å². The number of benzene rings is 2. The van der Waals surface area contributed by atoms with Crippen LogP contribution < -0.4 is 9.47 Å². The lowest BCUT2D eigenvalue weighted by atomic mass is 9.86. The third-order valence-corrected chi connectivity index (χ3v) is 4.86. The first-order chi connectivity index (χ1) is 13.3. The highest BCUT2D eigenvalue weighted by Crippen LogP contribution is 2.47. The first-order valence-electron chi connectivity index (χ1n) is 8.90. The number of aromatic hydroxyl groups is 1. The van der Waals surface area contributed by atoms with E-state index in [2.05, 4.69) is 0 Å². The third-order valence-electron chi connectivity index (χ3n) is 4.86. The van der Waals surface area contributed by atoms with Crippen LogP contribution >= 0.6 is 0 Å². The molecule has 0 saturated carbocycles. The molecule has 0 radical (unpaired) electrons. The zero-order valence-corrected chi connectivity index (χ0v) is 16.3. The highest BCUT2D eigenvalue weighted by molar-refractivity contribution is 6.09. The molecule has 1 aliphatic rings. The summed E-state index contributed by atoms with van der Waals surface area (Å²) in [5, 5.41) is 20.0. The van der Waals surface area contributed by atoms with Gasteiger partial charge >= 0.3 is 0 Å². The maximum Gasteiger partial charge on any atom is 0.189 e. The molecule has 0 unspecified atom stereocenters. The number of carbonyl (C=O) groups is 1. The first-order valence-corrected chi connectivity index (χ1v) is 8.90. The number of phenols is 1. The minimum atomic E-state index is -0.949. The van der Waals surface area contributed by atoms with Gasteiger partial charge in [0, 0.05) is 7.11 Å². The van der Waals surface area contributed by atoms with Crippen molar-refractivity contribution in [1.82, 2.24) is 0 Å². The number of fused-ring (bicyclic) bond motifs is 1. The minimum Gasteiger partial charge on any atom is -0.508 e. The van der Waals surface area contributed by atoms with Gasteiger partial charge < -0.3 is 24.4 Å². The molecular weight excluding hydrogens is 360 g/mol. The van der Waals surface area contributed by atoms with Crippen molar-refractivity contribution >= 4 is 11.9 Å². The number of carbonyl (C=O) groups excluding carboxylic acids is 1. The molecule has 6 nitrogen and oxygen atoms in total. The molecule has 0 aliphatic carbocycles. The summed E-state index contributed by atoms with van der Waals surface area (Å²) < 4.78 is 17.0. The van der Waals surface area contributed by atoms with Crippen LogP contribution in [0.3, 0.4) is 0 Å². The summed E-state index contributed by atoms with van der Waals surface area (Å²) in [4.78, 5) is 12.9. The van der Waals surface area contributed by atoms with Crippen molar-refractivity contribution in [1.29, 1.82) is 0 Å². The predicted octanol–water partition coefficient (Wildman–Crippen LogP) is 3.52. The van der Waals surface area contributed by atoms with Gasteiger partial charge in [0.25, 0.3) is 0 Å². The van der Waals surface area contributed by atoms with E-state index in [1.54, 1.807) is 56.3 Å². The predicted molar refractivity (Wildman–Crippen MR) is 105 cm³/mol. The molecule has 0 amide bonds. The summed E-state index contributed by atoms with van der Waals surface area (Å²) >= 11 is 0. The van der Waals surface area contributed by atoms with E-state index in [0.717, 1.165) is 5.56 Å². The molecule has 2 aromatic rings. The second-order valence-electron chi connectivity index (χ2n) is 7.15. The molecule has 1 heterocycles. The zero-order chi connectivity index (χ0) is 20.5. The van der Waals surface area contributed by atoms with Crippen molar-refractivity contribution in [3.8, 4) is 17.2 Å². The van der Waals surface area contributed by atoms with E-state index in [9.17, 15) is 15.0 Å². The molecule has 0 fully saturated rings. The van der Waals surface area contributed by atoms with E-state index in [0.29, 0.717) is 22.6 Å². The molecule has 2 atom stereocenters. The van der Waals surface area contributed by atoms with Gasteiger partial charge in [-0.05, 0) is 49.8 Å². The Morgan fingerprint density at radius 2 is 1.82 bits per heavy atom. The maximum atomic E-state index is 12.9. The molecule has 6 heteroatoms. The summed E-state index contributed by atoms with van der Waals surface area (Å²) in [5.74, 6) is 0.735. The van der Waals surface area contributed by atoms with E-state index in [1.807, 2.05) is 0 Å². The van der Waals surface area contributed by atoms with E-state index in [1.165, 1.54) is 20.3 Å². The van der Waals surface area contributed by atoms with Crippen LogP contribution in [-0.2, 0) is 4.74 Å². The molecule has 2 aromatic carbocycles. The molecular formula is C22H24O6. The van der Waals surface area contributed by atoms with Crippen molar-refractivity contribution in [2.24, 2.45) is 0 Å². The Kier molecular flexibility index (Phi) is 5.45. The Morgan fingerprint density at radius 3 is 2.43 bits per heavy atom. The maximum absolute atomic E-state index is 12.9. The summed E-state index contributed by atoms with van der Waals surface area (Å²) in [6.07, 6.45) is 1.48. The molecule has 0 saturated heterocycles. The number of phenolic OH excluding ortho intramolecular Hbond substituents is 1. The lowest BCUT2D eigenvalue weighted by Crippen LogP contribution is -2.49. The van der Waals surface area contributed by atoms with Crippen LogP contribution in [0, 0.1) is 0 Å². The molecule has 28 heavy (non-hydrogen) atoms. The SMILES string of the molecule is COc1ccc(C(=O)/C=C/c2ccc(O)cc2)c2c1[C@H](OC)[C@H](O)C(C)(C)O2. The molecule has 1 aliphatic heterocycles. The van der Waals surface area contributed by atoms with Gasteiger partial charge in [-0.25, -0.2) is 0 Å². The van der Waals surface area contributed by atoms with E-state index in [4.69, 9.17) is 14.2 Å². The third kappa shape index (κ3) is 3.61. The fourth-order valence-electron chi connectivity index (χ4n) is 3.27. The minimum absolute atomic E-state index is 0.160. The monoisotopic (exact) mass is 384 g/mol. The number of ketones is 1. The van der Waals surface area contributed by atoms with Crippen LogP contribution in [0.5, 0.6) is 17.2 Å². The standard InChI is InChI=1S/C22H24O6/c1-22(2)21(25)20(27-4)18-17(26-3)12-10-15(19(18)28-22)16(24)11-7-13-5-8-14(23)9-6-13/h5-12,20-21,23,25H,1-4H3/b11-7+/t20-,21-/m0/s1. The van der Waals surface area contributed by atoms with Crippen LogP contribution in [0.15, 0.2) is 42.5 Å². The quantitative estimate of drug-likeness (QED) is 0.606. The van der Waals surface area contributed by atoms with E-state index >= 15 is 0 Å². The summed E-state index contributed by atoms with van der Waals surface area (Å²) in [5.41, 5.74) is 0.698. The van der Waals surface area contributed by atoms with E-state index in [-0.39, 0.29) is 11.5 Å². The second kappa shape index (κ2) is 7.66. The van der Waals surface area contributed by atoms with Crippen molar-refractivity contribution < 1.29 is 29.2 Å². The van der Waals surface area contributed by atoms with Crippen molar-refractivity contribution in [2.75, 3.05) is 14.2 Å². The molecule has 148 valence electrons. The fraction of sp³-hybridized carbons (Fsp3) is 0.318. The number of ether oxygens (including phenoxy) is 3. The number of aliphatic hydroxyl groups is 1. The molecule has 0 spiro atoms. The number of allylic oxidation sites excluding steroid dienone is 1. The highest BCUT2D eigenvalue weighted by Gasteiger charge is 2.46. The molecule has 3 rings (SSSR count). The average Bonchev–Trinajstić information content (AvgIpc) is 2.67. The largest absolute Gasteiger partial charge is 0.508 e. The summed E-state index contributed by atoms with van der Waals surface area (Å²) in [6, 6.07) is 9.83. The van der Waals surface area contributed by atoms with Gasteiger partial charge in [0.1, 0.15) is 35.1 Å². The smallest absolute Gasteiger partial charge is 0.189 e. The summed E-state index contributed by atoms with van der Waals surface area (Å²) in [7, 11) is 3.01. The fourth-order valence-corrected chi connectivity index (χ4v) is 3.27. The van der Waals surface area contributed by atoms with Gasteiger partial charge in [-0.1, -0.05) is 18.2 Å². The Balaban J connectivity index is 2.04. The lowest BCUT2D eigenvalue weighted by Gasteiger charge is -2.42. The van der Waals surface area contributed by atoms with Crippen LogP contribution in [0.2, 0.25) is 0 Å². The Bertz CT molecular complexity index is 898. The van der Waals surface area contributed by atoms with Crippen molar-refractivity contribution in [2.45, 2.75) is 31.7 Å². The van der Waals surface area contributed by atoms with Crippen LogP contribution in [0.25, 0.3) is 6.08 Å². The van der Waals surface area contributed by atoms with Crippen LogP contribution in [-0.4, -0.2) is 41.9 Å². The molecule has 0 aromatic heterocycles. The number of aliphatic hydroxyl groups excluding tert-OH is 1. The lowest BCUT2D eigenvalue weighted by molar-refractivity contribution is -0.124. The van der Waals surface area contributed by atoms with Gasteiger partial charge in [0.15, 0.2) is 5.78 Å². The molecule has 0 bridgehead atoms. The topological polar surface area (TPSA) is 85.2 Å². The van der Waals surface area contributed by atoms with Crippen molar-refractivity contribution in [3.05, 3.63) is 59.2 Å². The Hall–Kier alpha value is -2.83. The van der Waals surface area contributed by atoms with Gasteiger partial charge in [-0.3, -0.25) is 4.79 Å². The average molecular weight is 384 g/mol. The zero-order valence-electron chi connectivity index (χ0n) is 16.3. The number of rotatable bonds is 5. The van der Waals surface area contributed by atoms with Gasteiger partial charge in [0.2, 0.25) is 0 Å². The second-order valence-corrected chi connectivity index (χ2v) is 7.15.